The molecule has 0 bridgehead atoms. The minimum Gasteiger partial charge on any atom is -0.350 e. The summed E-state index contributed by atoms with van der Waals surface area (Å²) in [7, 11) is 0. The molecule has 0 saturated heterocycles. The van der Waals surface area contributed by atoms with E-state index in [9.17, 15) is 14.9 Å². The van der Waals surface area contributed by atoms with Crippen molar-refractivity contribution in [3.8, 4) is 0 Å². The molecule has 3 N–H and O–H groups in total. The number of hydrazine groups is 1. The zero-order valence-electron chi connectivity index (χ0n) is 11.5. The van der Waals surface area contributed by atoms with Crippen LogP contribution < -0.4 is 11.2 Å². The molecular weight excluding hydrogens is 292 g/mol. The van der Waals surface area contributed by atoms with Gasteiger partial charge < -0.3 is 5.32 Å². The van der Waals surface area contributed by atoms with E-state index in [1.54, 1.807) is 19.1 Å². The van der Waals surface area contributed by atoms with Gasteiger partial charge in [0.25, 0.3) is 5.69 Å². The van der Waals surface area contributed by atoms with Crippen molar-refractivity contribution in [2.45, 2.75) is 19.9 Å². The zero-order chi connectivity index (χ0) is 15.7. The van der Waals surface area contributed by atoms with Gasteiger partial charge in [0.2, 0.25) is 0 Å². The predicted molar refractivity (Wildman–Crippen MR) is 81.0 cm³/mol. The SMILES string of the molecule is CC(=O)C1=C(C)N(N)C(=S)N[C@@H]1c1ccc([N+](=O)[O-])cc1. The summed E-state index contributed by atoms with van der Waals surface area (Å²) in [4.78, 5) is 22.1. The number of Topliss-reactive ketones (excluding diaryl/α,β-unsaturated/α-hetero) is 1. The molecule has 1 aliphatic rings. The van der Waals surface area contributed by atoms with Crippen LogP contribution in [0.25, 0.3) is 0 Å². The monoisotopic (exact) mass is 306 g/mol. The molecule has 2 rings (SSSR count). The molecule has 1 aliphatic heterocycles. The van der Waals surface area contributed by atoms with Gasteiger partial charge in [0.05, 0.1) is 11.0 Å². The maximum Gasteiger partial charge on any atom is 0.269 e. The summed E-state index contributed by atoms with van der Waals surface area (Å²) in [6, 6.07) is 5.52. The summed E-state index contributed by atoms with van der Waals surface area (Å²) in [5, 5.41) is 15.2. The Kier molecular flexibility index (Phi) is 4.01. The van der Waals surface area contributed by atoms with Crippen LogP contribution >= 0.6 is 12.2 Å². The van der Waals surface area contributed by atoms with Crippen molar-refractivity contribution in [1.29, 1.82) is 0 Å². The molecule has 0 amide bonds. The van der Waals surface area contributed by atoms with Gasteiger partial charge in [0.1, 0.15) is 0 Å². The number of carbonyl (C=O) groups is 1. The summed E-state index contributed by atoms with van der Waals surface area (Å²) >= 11 is 5.13. The molecule has 0 fully saturated rings. The third kappa shape index (κ3) is 2.76. The third-order valence-electron chi connectivity index (χ3n) is 3.34. The molecule has 1 aromatic rings. The van der Waals surface area contributed by atoms with E-state index in [2.05, 4.69) is 5.32 Å². The number of nitrogens with one attached hydrogen (secondary N) is 1. The van der Waals surface area contributed by atoms with Crippen molar-refractivity contribution < 1.29 is 9.72 Å². The van der Waals surface area contributed by atoms with Crippen molar-refractivity contribution in [1.82, 2.24) is 10.3 Å². The smallest absolute Gasteiger partial charge is 0.269 e. The molecule has 110 valence electrons. The van der Waals surface area contributed by atoms with Crippen LogP contribution in [0.15, 0.2) is 35.5 Å². The first-order valence-electron chi connectivity index (χ1n) is 6.14. The van der Waals surface area contributed by atoms with Crippen LogP contribution in [0.1, 0.15) is 25.5 Å². The fourth-order valence-corrected chi connectivity index (χ4v) is 2.51. The Morgan fingerprint density at radius 3 is 2.48 bits per heavy atom. The van der Waals surface area contributed by atoms with E-state index in [0.717, 1.165) is 0 Å². The van der Waals surface area contributed by atoms with Gasteiger partial charge in [-0.05, 0) is 43.8 Å². The van der Waals surface area contributed by atoms with Gasteiger partial charge in [-0.3, -0.25) is 19.9 Å². The first-order valence-corrected chi connectivity index (χ1v) is 6.55. The Morgan fingerprint density at radius 1 is 1.43 bits per heavy atom. The summed E-state index contributed by atoms with van der Waals surface area (Å²) in [6.07, 6.45) is 0. The van der Waals surface area contributed by atoms with Gasteiger partial charge in [0.15, 0.2) is 10.9 Å². The summed E-state index contributed by atoms with van der Waals surface area (Å²) in [5.74, 6) is 5.65. The Balaban J connectivity index is 2.48. The van der Waals surface area contributed by atoms with Gasteiger partial charge in [0, 0.05) is 23.4 Å². The largest absolute Gasteiger partial charge is 0.350 e. The van der Waals surface area contributed by atoms with E-state index in [1.165, 1.54) is 24.1 Å². The topological polar surface area (TPSA) is 102 Å². The molecule has 0 radical (unpaired) electrons. The summed E-state index contributed by atoms with van der Waals surface area (Å²) < 4.78 is 0. The highest BCUT2D eigenvalue weighted by Gasteiger charge is 2.31. The van der Waals surface area contributed by atoms with Crippen LogP contribution in [0.3, 0.4) is 0 Å². The number of allylic oxidation sites excluding steroid dienone is 1. The highest BCUT2D eigenvalue weighted by atomic mass is 32.1. The number of thiocarbonyl (C=S) groups is 1. The lowest BCUT2D eigenvalue weighted by atomic mass is 9.93. The third-order valence-corrected chi connectivity index (χ3v) is 3.66. The normalized spacial score (nSPS) is 18.5. The number of nitro benzene ring substituents is 1. The molecule has 0 aliphatic carbocycles. The molecule has 0 aromatic heterocycles. The molecule has 8 heteroatoms. The Hall–Kier alpha value is -2.32. The zero-order valence-corrected chi connectivity index (χ0v) is 12.3. The Labute approximate surface area is 126 Å². The van der Waals surface area contributed by atoms with Crippen LogP contribution in [-0.2, 0) is 4.79 Å². The number of nitro groups is 1. The van der Waals surface area contributed by atoms with E-state index in [4.69, 9.17) is 18.1 Å². The molecule has 1 atom stereocenters. The molecular formula is C13H14N4O3S. The second-order valence-electron chi connectivity index (χ2n) is 4.66. The van der Waals surface area contributed by atoms with Gasteiger partial charge in [-0.2, -0.15) is 0 Å². The van der Waals surface area contributed by atoms with Crippen molar-refractivity contribution in [3.05, 3.63) is 51.2 Å². The van der Waals surface area contributed by atoms with Crippen LogP contribution in [0.5, 0.6) is 0 Å². The van der Waals surface area contributed by atoms with Crippen molar-refractivity contribution >= 4 is 28.8 Å². The average molecular weight is 306 g/mol. The lowest BCUT2D eigenvalue weighted by Gasteiger charge is -2.34. The molecule has 0 saturated carbocycles. The van der Waals surface area contributed by atoms with Crippen LogP contribution in [0.2, 0.25) is 0 Å². The van der Waals surface area contributed by atoms with E-state index in [-0.39, 0.29) is 11.5 Å². The van der Waals surface area contributed by atoms with Crippen molar-refractivity contribution in [3.63, 3.8) is 0 Å². The van der Waals surface area contributed by atoms with E-state index in [0.29, 0.717) is 21.9 Å². The van der Waals surface area contributed by atoms with Crippen LogP contribution in [-0.4, -0.2) is 20.8 Å². The first kappa shape index (κ1) is 15.1. The fourth-order valence-electron chi connectivity index (χ4n) is 2.25. The first-order chi connectivity index (χ1) is 9.82. The molecule has 7 nitrogen and oxygen atoms in total. The van der Waals surface area contributed by atoms with E-state index >= 15 is 0 Å². The summed E-state index contributed by atoms with van der Waals surface area (Å²) in [6.45, 7) is 3.16. The lowest BCUT2D eigenvalue weighted by Crippen LogP contribution is -2.50. The van der Waals surface area contributed by atoms with E-state index < -0.39 is 11.0 Å². The number of nitrogens with zero attached hydrogens (tertiary/aromatic N) is 2. The quantitative estimate of drug-likeness (QED) is 0.378. The number of hydrogen-bond acceptors (Lipinski definition) is 5. The minimum atomic E-state index is -0.475. The standard InChI is InChI=1S/C13H14N4O3S/c1-7-11(8(2)18)12(15-13(21)16(7)14)9-3-5-10(6-4-9)17(19)20/h3-6,12H,14H2,1-2H3,(H,15,21)/t12-/m1/s1. The molecule has 0 spiro atoms. The Bertz CT molecular complexity index is 654. The average Bonchev–Trinajstić information content (AvgIpc) is 2.44. The molecule has 1 aromatic carbocycles. The van der Waals surface area contributed by atoms with Gasteiger partial charge in [-0.1, -0.05) is 0 Å². The second-order valence-corrected chi connectivity index (χ2v) is 5.04. The van der Waals surface area contributed by atoms with Crippen molar-refractivity contribution in [2.75, 3.05) is 0 Å². The van der Waals surface area contributed by atoms with E-state index in [1.807, 2.05) is 0 Å². The molecule has 21 heavy (non-hydrogen) atoms. The van der Waals surface area contributed by atoms with Gasteiger partial charge in [-0.15, -0.1) is 0 Å². The lowest BCUT2D eigenvalue weighted by molar-refractivity contribution is -0.384. The molecule has 0 unspecified atom stereocenters. The fraction of sp³-hybridized carbons (Fsp3) is 0.231. The minimum absolute atomic E-state index is 0.0114. The summed E-state index contributed by atoms with van der Waals surface area (Å²) in [5.41, 5.74) is 1.75. The number of carbonyl (C=O) groups excluding carboxylic acids is 1. The second kappa shape index (κ2) is 5.58. The van der Waals surface area contributed by atoms with Crippen LogP contribution in [0, 0.1) is 10.1 Å². The van der Waals surface area contributed by atoms with Gasteiger partial charge in [-0.25, -0.2) is 5.84 Å². The highest BCUT2D eigenvalue weighted by molar-refractivity contribution is 7.80. The number of rotatable bonds is 3. The van der Waals surface area contributed by atoms with Crippen LogP contribution in [0.4, 0.5) is 5.69 Å². The number of non-ortho nitro benzene ring substituents is 1. The van der Waals surface area contributed by atoms with Gasteiger partial charge >= 0.3 is 0 Å². The number of ketones is 1. The number of hydrogen-bond donors (Lipinski definition) is 2. The Morgan fingerprint density at radius 2 is 2.00 bits per heavy atom. The highest BCUT2D eigenvalue weighted by Crippen LogP contribution is 2.30. The number of nitrogens with two attached hydrogens (primary N) is 1. The predicted octanol–water partition coefficient (Wildman–Crippen LogP) is 1.56. The number of benzene rings is 1. The molecule has 1 heterocycles. The maximum absolute atomic E-state index is 11.9. The van der Waals surface area contributed by atoms with Crippen molar-refractivity contribution in [2.24, 2.45) is 5.84 Å². The maximum atomic E-state index is 11.9.